The standard InChI is InChI=1S/C2H5BOS/c1-2-3-5-4/h2H2,1H3. The van der Waals surface area contributed by atoms with Gasteiger partial charge >= 0.3 is 34.7 Å². The fourth-order valence-corrected chi connectivity index (χ4v) is 0.204. The van der Waals surface area contributed by atoms with Gasteiger partial charge in [-0.1, -0.05) is 0 Å². The SMILES string of the molecule is CCB=S=O. The molecule has 0 N–H and O–H groups in total. The van der Waals surface area contributed by atoms with Gasteiger partial charge in [-0.25, -0.2) is 0 Å². The van der Waals surface area contributed by atoms with Crippen molar-refractivity contribution in [2.45, 2.75) is 13.2 Å². The van der Waals surface area contributed by atoms with Gasteiger partial charge in [0.1, 0.15) is 0 Å². The molecule has 0 heterocycles. The summed E-state index contributed by atoms with van der Waals surface area (Å²) in [5, 5.41) is 0. The Morgan fingerprint density at radius 3 is 2.60 bits per heavy atom. The predicted molar refractivity (Wildman–Crippen MR) is 24.4 cm³/mol. The van der Waals surface area contributed by atoms with Crippen LogP contribution in [0.3, 0.4) is 0 Å². The van der Waals surface area contributed by atoms with E-state index in [-0.39, 0.29) is 0 Å². The molecule has 28 valence electrons. The Morgan fingerprint density at radius 1 is 2.00 bits per heavy atom. The second kappa shape index (κ2) is 4.08. The minimum absolute atomic E-state index is 0.527. The molecule has 0 radical (unpaired) electrons. The van der Waals surface area contributed by atoms with E-state index in [2.05, 4.69) is 0 Å². The Hall–Kier alpha value is 0.0849. The van der Waals surface area contributed by atoms with Crippen LogP contribution in [0.1, 0.15) is 6.92 Å². The van der Waals surface area contributed by atoms with E-state index in [1.165, 1.54) is 0 Å². The molecule has 0 unspecified atom stereocenters. The van der Waals surface area contributed by atoms with Crippen LogP contribution in [0.5, 0.6) is 0 Å². The van der Waals surface area contributed by atoms with Gasteiger partial charge in [0, 0.05) is 0 Å². The molecule has 0 aliphatic rings. The van der Waals surface area contributed by atoms with E-state index in [0.29, 0.717) is 11.1 Å². The van der Waals surface area contributed by atoms with E-state index in [0.717, 1.165) is 6.32 Å². The van der Waals surface area contributed by atoms with E-state index in [9.17, 15) is 4.21 Å². The van der Waals surface area contributed by atoms with E-state index in [1.54, 1.807) is 6.15 Å². The quantitative estimate of drug-likeness (QED) is 0.420. The van der Waals surface area contributed by atoms with Crippen molar-refractivity contribution in [3.05, 3.63) is 0 Å². The summed E-state index contributed by atoms with van der Waals surface area (Å²) in [5.74, 6) is 0. The normalized spacial score (nSPS) is 5.80. The Labute approximate surface area is 35.6 Å². The van der Waals surface area contributed by atoms with Gasteiger partial charge in [-0.2, -0.15) is 0 Å². The molecule has 0 bridgehead atoms. The van der Waals surface area contributed by atoms with Crippen LogP contribution in [-0.4, -0.2) is 10.4 Å². The Kier molecular flexibility index (Phi) is 4.15. The molecule has 0 aliphatic carbocycles. The minimum atomic E-state index is 0.527. The van der Waals surface area contributed by atoms with Crippen LogP contribution in [0, 0.1) is 0 Å². The number of hydrogen-bond acceptors (Lipinski definition) is 1. The average Bonchev–Trinajstić information content (AvgIpc) is 1.41. The van der Waals surface area contributed by atoms with Crippen LogP contribution in [0.25, 0.3) is 0 Å². The average molecular weight is 87.9 g/mol. The van der Waals surface area contributed by atoms with Crippen molar-refractivity contribution in [3.8, 4) is 0 Å². The molecule has 0 saturated heterocycles. The van der Waals surface area contributed by atoms with Crippen molar-refractivity contribution >= 4 is 17.2 Å². The van der Waals surface area contributed by atoms with Gasteiger partial charge in [-0.3, -0.25) is 0 Å². The zero-order valence-corrected chi connectivity index (χ0v) is 3.92. The molecule has 0 saturated carbocycles. The Bertz CT molecular complexity index is 56.7. The van der Waals surface area contributed by atoms with Gasteiger partial charge in [0.15, 0.2) is 0 Å². The first-order chi connectivity index (χ1) is 2.41. The summed E-state index contributed by atoms with van der Waals surface area (Å²) in [5.41, 5.74) is 0. The molecule has 0 spiro atoms. The van der Waals surface area contributed by atoms with E-state index < -0.39 is 0 Å². The van der Waals surface area contributed by atoms with Crippen molar-refractivity contribution in [1.82, 2.24) is 0 Å². The molecule has 0 amide bonds. The maximum absolute atomic E-state index is 9.39. The van der Waals surface area contributed by atoms with E-state index in [1.807, 2.05) is 6.92 Å². The van der Waals surface area contributed by atoms with Crippen molar-refractivity contribution in [2.75, 3.05) is 0 Å². The van der Waals surface area contributed by atoms with Crippen LogP contribution in [0.4, 0.5) is 0 Å². The van der Waals surface area contributed by atoms with Crippen molar-refractivity contribution in [2.24, 2.45) is 0 Å². The molecular formula is C2H5BOS. The third kappa shape index (κ3) is 4.08. The summed E-state index contributed by atoms with van der Waals surface area (Å²) < 4.78 is 9.39. The van der Waals surface area contributed by atoms with E-state index in [4.69, 9.17) is 0 Å². The first-order valence-corrected chi connectivity index (χ1v) is 2.32. The zero-order valence-electron chi connectivity index (χ0n) is 3.10. The van der Waals surface area contributed by atoms with Gasteiger partial charge in [-0.15, -0.1) is 0 Å². The topological polar surface area (TPSA) is 17.1 Å². The summed E-state index contributed by atoms with van der Waals surface area (Å²) in [6.45, 7) is 1.94. The molecule has 0 aromatic heterocycles. The van der Waals surface area contributed by atoms with Gasteiger partial charge in [0.05, 0.1) is 0 Å². The Balaban J connectivity index is 2.93. The first kappa shape index (κ1) is 5.08. The molecule has 0 rings (SSSR count). The van der Waals surface area contributed by atoms with Crippen molar-refractivity contribution in [3.63, 3.8) is 0 Å². The summed E-state index contributed by atoms with van der Waals surface area (Å²) in [6.07, 6.45) is 2.48. The fraction of sp³-hybridized carbons (Fsp3) is 1.00. The number of hydrogen-bond donors (Lipinski definition) is 0. The van der Waals surface area contributed by atoms with Crippen LogP contribution in [-0.2, 0) is 11.1 Å². The summed E-state index contributed by atoms with van der Waals surface area (Å²) in [6, 6.07) is 0. The molecular weight excluding hydrogens is 82.9 g/mol. The molecule has 3 heteroatoms. The summed E-state index contributed by atoms with van der Waals surface area (Å²) in [4.78, 5) is 0. The predicted octanol–water partition coefficient (Wildman–Crippen LogP) is 0.257. The van der Waals surface area contributed by atoms with Gasteiger partial charge in [-0.05, 0) is 0 Å². The summed E-state index contributed by atoms with van der Waals surface area (Å²) >= 11 is 0.527. The second-order valence-corrected chi connectivity index (χ2v) is 1.20. The van der Waals surface area contributed by atoms with Gasteiger partial charge < -0.3 is 0 Å². The van der Waals surface area contributed by atoms with Crippen molar-refractivity contribution in [1.29, 1.82) is 0 Å². The molecule has 0 aliphatic heterocycles. The van der Waals surface area contributed by atoms with Crippen LogP contribution >= 0.6 is 0 Å². The van der Waals surface area contributed by atoms with Crippen LogP contribution in [0.2, 0.25) is 6.32 Å². The number of rotatable bonds is 1. The molecule has 0 atom stereocenters. The Morgan fingerprint density at radius 2 is 2.60 bits per heavy atom. The van der Waals surface area contributed by atoms with Crippen molar-refractivity contribution < 1.29 is 4.21 Å². The molecule has 0 aromatic carbocycles. The fourth-order valence-electron chi connectivity index (χ4n) is 0.0680. The van der Waals surface area contributed by atoms with Crippen LogP contribution < -0.4 is 0 Å². The van der Waals surface area contributed by atoms with Gasteiger partial charge in [0.2, 0.25) is 0 Å². The van der Waals surface area contributed by atoms with Crippen LogP contribution in [0.15, 0.2) is 0 Å². The van der Waals surface area contributed by atoms with E-state index >= 15 is 0 Å². The third-order valence-corrected chi connectivity index (χ3v) is 0.704. The molecule has 0 fully saturated rings. The molecule has 5 heavy (non-hydrogen) atoms. The summed E-state index contributed by atoms with van der Waals surface area (Å²) in [7, 11) is 0. The second-order valence-electron chi connectivity index (χ2n) is 0.671. The molecule has 1 nitrogen and oxygen atoms in total. The monoisotopic (exact) mass is 88.0 g/mol. The molecule has 0 aromatic rings. The zero-order chi connectivity index (χ0) is 4.12. The first-order valence-electron chi connectivity index (χ1n) is 1.52. The maximum atomic E-state index is 9.39. The third-order valence-electron chi connectivity index (χ3n) is 0.235. The van der Waals surface area contributed by atoms with Gasteiger partial charge in [0.25, 0.3) is 0 Å².